The van der Waals surface area contributed by atoms with Gasteiger partial charge in [-0.3, -0.25) is 53.2 Å². The lowest BCUT2D eigenvalue weighted by Gasteiger charge is -2.31. The Morgan fingerprint density at radius 2 is 0.904 bits per heavy atom. The third kappa shape index (κ3) is 19.9. The lowest BCUT2D eigenvalue weighted by molar-refractivity contribution is -0.137. The molecule has 125 heavy (non-hydrogen) atoms. The number of Topliss-reactive ketones (excluding diaryl/α,β-unsaturated/α-hetero) is 3. The van der Waals surface area contributed by atoms with E-state index in [0.717, 1.165) is 98.9 Å². The molecule has 0 saturated heterocycles. The molecular formula is C95H104N10O20. The molecule has 9 aliphatic rings. The van der Waals surface area contributed by atoms with Gasteiger partial charge in [-0.1, -0.05) is 58.7 Å². The molecule has 30 heteroatoms. The van der Waals surface area contributed by atoms with Crippen molar-refractivity contribution in [3.05, 3.63) is 201 Å². The number of benzene rings is 6. The number of carbonyl (C=O) groups is 10. The Balaban J connectivity index is 0.000000209. The van der Waals surface area contributed by atoms with Gasteiger partial charge in [0.2, 0.25) is 5.91 Å². The van der Waals surface area contributed by atoms with Gasteiger partial charge in [0, 0.05) is 127 Å². The normalized spacial score (nSPS) is 20.4. The molecule has 2 unspecified atom stereocenters. The fourth-order valence-corrected chi connectivity index (χ4v) is 16.9. The number of fused-ring (bicyclic) bond motifs is 8. The van der Waals surface area contributed by atoms with Crippen LogP contribution in [0.1, 0.15) is 162 Å². The maximum absolute atomic E-state index is 14.0. The number of aliphatic hydroxyl groups is 2. The summed E-state index contributed by atoms with van der Waals surface area (Å²) in [5.74, 6) is 0.124. The Kier molecular flexibility index (Phi) is 27.6. The molecule has 0 fully saturated rings. The summed E-state index contributed by atoms with van der Waals surface area (Å²) in [5, 5.41) is 32.0. The second-order valence-electron chi connectivity index (χ2n) is 32.7. The minimum atomic E-state index is -1.48. The van der Waals surface area contributed by atoms with Crippen LogP contribution in [0.2, 0.25) is 0 Å². The van der Waals surface area contributed by atoms with Crippen molar-refractivity contribution >= 4 is 106 Å². The largest absolute Gasteiger partial charge is 0.493 e. The standard InChI is InChI=1S/C52H56N6O12.C43H48N4O8/c1-30-18-34-25-54-40-23-43(32(3)21-38(40)49(63)37(34)19-30)68-16-6-5-7-17-69-45-24-41-39(22-44(45)67-4)50(64)57-28-31(2)20-42(57)51(65)58(41)52(66)70-29-33-8-10-35(11-9-33)53-26-36(59)27-55-46(60)14-15-56-47(61)12-13-48(56)62;1-25-15-29-22-45-34-20-37(27(3)18-32(34)40(48)31(29)16-25)53-13-7-6-8-14-54-39-21-35-33(19-38(39)52-5)41(49)46-23-26(2)17-36(46)42(50)47(35)43(51)55-24-28-9-11-30(44-4)12-10-28/h8-13,19,21-25,28,34,37,42,51,53,65H,5-7,14-18,20,26-27,29H2,1-4H3,(H,55,60);9-12,16,18-23,29,31,36,42,44,50H,6-8,13-15,17,24H2,1-5H3/t34-,37?,42-,51-;29-,31?,36-,42-/m00/s1. The summed E-state index contributed by atoms with van der Waals surface area (Å²) < 4.78 is 47.5. The predicted molar refractivity (Wildman–Crippen MR) is 467 cm³/mol. The SMILES string of the molecule is CNc1ccc(COC(=O)N2c3cc(OCCCCCOc4cc5c(cc4C)C(=O)C4C=C(C)C[C@H]4C=N5)c(OC)cc3C(=O)N3C=C(C)C[C@H]3[C@@H]2O)cc1.COc1cc2c(cc1OCCCCCOc1cc3c(cc1C)C(=O)C1C=C(C)C[C@H]1C=N3)N(C(=O)OCc1ccc(NCC(=O)CNC(=O)CCN3C(=O)C=CC3=O)cc1)[C@@H](O)[C@@H]1CC(C)=CN1C2=O. The zero-order chi connectivity index (χ0) is 88.4. The van der Waals surface area contributed by atoms with E-state index in [4.69, 9.17) is 37.9 Å². The predicted octanol–water partition coefficient (Wildman–Crippen LogP) is 13.9. The highest BCUT2D eigenvalue weighted by Gasteiger charge is 2.48. The smallest absolute Gasteiger partial charge is 0.416 e. The topological polar surface area (TPSA) is 362 Å². The van der Waals surface area contributed by atoms with E-state index in [1.807, 2.05) is 103 Å². The highest BCUT2D eigenvalue weighted by Crippen LogP contribution is 2.47. The molecule has 0 saturated carbocycles. The summed E-state index contributed by atoms with van der Waals surface area (Å²) >= 11 is 0. The number of ether oxygens (including phenoxy) is 8. The van der Waals surface area contributed by atoms with Gasteiger partial charge < -0.3 is 73.9 Å². The number of unbranched alkanes of at least 4 members (excludes halogenated alkanes) is 4. The quantitative estimate of drug-likeness (QED) is 0.0153. The van der Waals surface area contributed by atoms with Gasteiger partial charge >= 0.3 is 12.2 Å². The van der Waals surface area contributed by atoms with Crippen LogP contribution in [0.15, 0.2) is 166 Å². The fourth-order valence-electron chi connectivity index (χ4n) is 16.9. The van der Waals surface area contributed by atoms with Crippen LogP contribution in [0.5, 0.6) is 34.5 Å². The lowest BCUT2D eigenvalue weighted by atomic mass is 9.89. The van der Waals surface area contributed by atoms with Gasteiger partial charge in [-0.2, -0.15) is 0 Å². The monoisotopic (exact) mass is 1700 g/mol. The van der Waals surface area contributed by atoms with Crippen molar-refractivity contribution in [3.8, 4) is 34.5 Å². The Morgan fingerprint density at radius 3 is 1.33 bits per heavy atom. The van der Waals surface area contributed by atoms with Gasteiger partial charge in [-0.25, -0.2) is 19.4 Å². The molecular weight excluding hydrogens is 1600 g/mol. The molecule has 7 aliphatic heterocycles. The molecule has 654 valence electrons. The first-order chi connectivity index (χ1) is 60.2. The van der Waals surface area contributed by atoms with E-state index in [1.54, 1.807) is 48.8 Å². The first-order valence-corrected chi connectivity index (χ1v) is 42.2. The molecule has 7 amide bonds. The van der Waals surface area contributed by atoms with Crippen LogP contribution >= 0.6 is 0 Å². The summed E-state index contributed by atoms with van der Waals surface area (Å²) in [6.45, 7) is 12.6. The van der Waals surface area contributed by atoms with E-state index in [9.17, 15) is 58.2 Å². The van der Waals surface area contributed by atoms with Crippen molar-refractivity contribution < 1.29 is 96.1 Å². The van der Waals surface area contributed by atoms with E-state index in [2.05, 4.69) is 45.0 Å². The number of amides is 7. The van der Waals surface area contributed by atoms with E-state index >= 15 is 0 Å². The second kappa shape index (κ2) is 39.1. The number of aliphatic hydroxyl groups excluding tert-OH is 2. The Morgan fingerprint density at radius 1 is 0.480 bits per heavy atom. The first-order valence-electron chi connectivity index (χ1n) is 42.2. The summed E-state index contributed by atoms with van der Waals surface area (Å²) in [5.41, 5.74) is 12.0. The minimum absolute atomic E-state index is 0.0255. The third-order valence-electron chi connectivity index (χ3n) is 23.6. The number of nitrogens with one attached hydrogen (secondary N) is 3. The maximum Gasteiger partial charge on any atom is 0.416 e. The molecule has 0 radical (unpaired) electrons. The average Bonchev–Trinajstić information content (AvgIpc) is 1.61. The van der Waals surface area contributed by atoms with Crippen molar-refractivity contribution in [1.29, 1.82) is 0 Å². The molecule has 6 aromatic rings. The number of hydrogen-bond donors (Lipinski definition) is 5. The number of imide groups is 1. The number of carbonyl (C=O) groups excluding carboxylic acids is 10. The van der Waals surface area contributed by atoms with Gasteiger partial charge in [0.15, 0.2) is 52.8 Å². The number of methoxy groups -OCH3 is 2. The van der Waals surface area contributed by atoms with Gasteiger partial charge in [0.05, 0.1) is 99.7 Å². The molecule has 5 N–H and O–H groups in total. The van der Waals surface area contributed by atoms with Gasteiger partial charge in [0.25, 0.3) is 23.6 Å². The van der Waals surface area contributed by atoms with Crippen molar-refractivity contribution in [2.75, 3.05) is 87.8 Å². The number of hydrogen-bond acceptors (Lipinski definition) is 24. The summed E-state index contributed by atoms with van der Waals surface area (Å²) in [6, 6.07) is 26.4. The molecule has 6 aromatic carbocycles. The van der Waals surface area contributed by atoms with Crippen LogP contribution in [0.3, 0.4) is 0 Å². The van der Waals surface area contributed by atoms with Gasteiger partial charge in [-0.15, -0.1) is 0 Å². The highest BCUT2D eigenvalue weighted by molar-refractivity contribution is 6.13. The van der Waals surface area contributed by atoms with Crippen LogP contribution < -0.4 is 54.2 Å². The minimum Gasteiger partial charge on any atom is -0.493 e. The van der Waals surface area contributed by atoms with E-state index in [0.29, 0.717) is 102 Å². The number of anilines is 4. The zero-order valence-corrected chi connectivity index (χ0v) is 71.5. The number of ketones is 3. The molecule has 8 atom stereocenters. The van der Waals surface area contributed by atoms with Crippen LogP contribution in [0.25, 0.3) is 0 Å². The van der Waals surface area contributed by atoms with E-state index < -0.39 is 60.4 Å². The number of allylic oxidation sites excluding steroid dienone is 4. The number of rotatable bonds is 31. The van der Waals surface area contributed by atoms with E-state index in [-0.39, 0.29) is 127 Å². The number of nitrogens with zero attached hydrogens (tertiary/aromatic N) is 7. The summed E-state index contributed by atoms with van der Waals surface area (Å²) in [4.78, 5) is 146. The molecule has 2 aliphatic carbocycles. The van der Waals surface area contributed by atoms with Crippen molar-refractivity contribution in [2.24, 2.45) is 33.7 Å². The van der Waals surface area contributed by atoms with Crippen LogP contribution in [-0.2, 0) is 41.9 Å². The highest BCUT2D eigenvalue weighted by atomic mass is 16.6. The molecule has 15 rings (SSSR count). The second-order valence-corrected chi connectivity index (χ2v) is 32.7. The van der Waals surface area contributed by atoms with Gasteiger partial charge in [0.1, 0.15) is 24.7 Å². The zero-order valence-electron chi connectivity index (χ0n) is 71.5. The van der Waals surface area contributed by atoms with Gasteiger partial charge in [-0.05, 0) is 177 Å². The average molecular weight is 1710 g/mol. The fraction of sp³-hybridized carbons (Fsp3) is 0.389. The first kappa shape index (κ1) is 88.1. The Bertz CT molecular complexity index is 5440. The molecule has 0 spiro atoms. The molecule has 30 nitrogen and oxygen atoms in total. The number of aliphatic imine (C=N–C) groups is 2. The van der Waals surface area contributed by atoms with Crippen molar-refractivity contribution in [3.63, 3.8) is 0 Å². The molecule has 0 aromatic heterocycles. The molecule has 0 bridgehead atoms. The Hall–Kier alpha value is -13.2. The summed E-state index contributed by atoms with van der Waals surface area (Å²) in [7, 11) is 4.77. The number of aryl methyl sites for hydroxylation is 2. The lowest BCUT2D eigenvalue weighted by Crippen LogP contribution is -2.50. The van der Waals surface area contributed by atoms with Crippen molar-refractivity contribution in [2.45, 2.75) is 150 Å². The van der Waals surface area contributed by atoms with E-state index in [1.165, 1.54) is 47.3 Å². The van der Waals surface area contributed by atoms with Crippen LogP contribution in [-0.4, -0.2) is 188 Å². The van der Waals surface area contributed by atoms with Crippen molar-refractivity contribution in [1.82, 2.24) is 20.0 Å². The maximum atomic E-state index is 14.0. The third-order valence-corrected chi connectivity index (χ3v) is 23.6. The molecule has 7 heterocycles. The van der Waals surface area contributed by atoms with Crippen LogP contribution in [0.4, 0.5) is 43.7 Å². The summed E-state index contributed by atoms with van der Waals surface area (Å²) in [6.07, 6.45) is 15.7. The van der Waals surface area contributed by atoms with Crippen LogP contribution in [0, 0.1) is 37.5 Å². The Labute approximate surface area is 724 Å².